The first-order valence-corrected chi connectivity index (χ1v) is 11.0. The van der Waals surface area contributed by atoms with Gasteiger partial charge in [0.25, 0.3) is 0 Å². The van der Waals surface area contributed by atoms with E-state index in [1.807, 2.05) is 12.1 Å². The van der Waals surface area contributed by atoms with Gasteiger partial charge >= 0.3 is 0 Å². The molecule has 1 N–H and O–H groups in total. The number of hydrogen-bond donors (Lipinski definition) is 1. The van der Waals surface area contributed by atoms with Crippen LogP contribution in [0.15, 0.2) is 61.3 Å². The second kappa shape index (κ2) is 10.7. The fourth-order valence-corrected chi connectivity index (χ4v) is 4.14. The predicted molar refractivity (Wildman–Crippen MR) is 126 cm³/mol. The van der Waals surface area contributed by atoms with Crippen LogP contribution in [0.1, 0.15) is 41.5 Å². The van der Waals surface area contributed by atoms with Crippen molar-refractivity contribution in [2.24, 2.45) is 5.92 Å². The van der Waals surface area contributed by atoms with Crippen LogP contribution < -0.4 is 5.32 Å². The molecule has 0 spiro atoms. The van der Waals surface area contributed by atoms with Crippen molar-refractivity contribution in [3.05, 3.63) is 88.6 Å². The monoisotopic (exact) mass is 408 g/mol. The molecule has 2 aromatic rings. The second-order valence-electron chi connectivity index (χ2n) is 8.26. The third kappa shape index (κ3) is 6.76. The summed E-state index contributed by atoms with van der Waals surface area (Å²) in [5, 5.41) is 4.44. The highest BCUT2D eigenvalue weighted by Gasteiger charge is 2.20. The Balaban J connectivity index is 1.40. The molecule has 3 heteroatoms. The first-order chi connectivity index (χ1) is 14.0. The summed E-state index contributed by atoms with van der Waals surface area (Å²) in [4.78, 5) is 2.57. The van der Waals surface area contributed by atoms with Gasteiger partial charge in [-0.1, -0.05) is 67.2 Å². The molecule has 0 bridgehead atoms. The highest BCUT2D eigenvalue weighted by Crippen LogP contribution is 2.21. The summed E-state index contributed by atoms with van der Waals surface area (Å²) in [6.07, 6.45) is 6.44. The maximum absolute atomic E-state index is 6.16. The SMILES string of the molecule is C=Cc1ccc(CCC(=C)NC[C@@H]2CCCN(Cc3ccc(Cl)c(C)c3)C2)cc1. The molecule has 1 atom stereocenters. The molecule has 0 aliphatic carbocycles. The molecule has 0 unspecified atom stereocenters. The van der Waals surface area contributed by atoms with Crippen molar-refractivity contribution in [2.75, 3.05) is 19.6 Å². The van der Waals surface area contributed by atoms with Gasteiger partial charge in [-0.25, -0.2) is 0 Å². The summed E-state index contributed by atoms with van der Waals surface area (Å²) in [6, 6.07) is 15.0. The second-order valence-corrected chi connectivity index (χ2v) is 8.66. The van der Waals surface area contributed by atoms with Gasteiger partial charge in [0.2, 0.25) is 0 Å². The van der Waals surface area contributed by atoms with Crippen molar-refractivity contribution in [1.29, 1.82) is 0 Å². The normalized spacial score (nSPS) is 17.1. The number of halogens is 1. The number of benzene rings is 2. The smallest absolute Gasteiger partial charge is 0.0435 e. The van der Waals surface area contributed by atoms with Crippen molar-refractivity contribution in [3.63, 3.8) is 0 Å². The van der Waals surface area contributed by atoms with Gasteiger partial charge in [-0.3, -0.25) is 4.90 Å². The number of allylic oxidation sites excluding steroid dienone is 1. The van der Waals surface area contributed by atoms with Crippen LogP contribution >= 0.6 is 11.6 Å². The Morgan fingerprint density at radius 3 is 2.69 bits per heavy atom. The number of rotatable bonds is 9. The van der Waals surface area contributed by atoms with E-state index in [0.29, 0.717) is 5.92 Å². The van der Waals surface area contributed by atoms with E-state index in [1.54, 1.807) is 0 Å². The average molecular weight is 409 g/mol. The van der Waals surface area contributed by atoms with Gasteiger partial charge in [0.1, 0.15) is 0 Å². The summed E-state index contributed by atoms with van der Waals surface area (Å²) in [7, 11) is 0. The summed E-state index contributed by atoms with van der Waals surface area (Å²) in [5.41, 5.74) is 6.17. The molecular weight excluding hydrogens is 376 g/mol. The van der Waals surface area contributed by atoms with E-state index in [9.17, 15) is 0 Å². The third-order valence-corrected chi connectivity index (χ3v) is 6.23. The zero-order valence-electron chi connectivity index (χ0n) is 17.6. The molecule has 0 saturated carbocycles. The lowest BCUT2D eigenvalue weighted by atomic mass is 9.97. The number of aryl methyl sites for hydroxylation is 2. The van der Waals surface area contributed by atoms with Crippen molar-refractivity contribution in [2.45, 2.75) is 39.2 Å². The predicted octanol–water partition coefficient (Wildman–Crippen LogP) is 6.24. The minimum absolute atomic E-state index is 0.681. The Morgan fingerprint density at radius 2 is 1.97 bits per heavy atom. The first kappa shape index (κ1) is 21.7. The molecule has 1 aliphatic rings. The molecule has 3 rings (SSSR count). The molecule has 2 nitrogen and oxygen atoms in total. The Morgan fingerprint density at radius 1 is 1.21 bits per heavy atom. The standard InChI is InChI=1S/C26H33ClN2/c1-4-22-9-11-23(12-10-22)8-7-21(3)28-17-25-6-5-15-29(19-25)18-24-13-14-26(27)20(2)16-24/h4,9-14,16,25,28H,1,3,5-8,15,17-19H2,2H3/t25-/m0/s1. The van der Waals surface area contributed by atoms with E-state index in [-0.39, 0.29) is 0 Å². The summed E-state index contributed by atoms with van der Waals surface area (Å²) in [6.45, 7) is 14.5. The molecular formula is C26H33ClN2. The zero-order chi connectivity index (χ0) is 20.6. The lowest BCUT2D eigenvalue weighted by molar-refractivity contribution is 0.167. The van der Waals surface area contributed by atoms with Gasteiger partial charge < -0.3 is 5.32 Å². The zero-order valence-corrected chi connectivity index (χ0v) is 18.3. The van der Waals surface area contributed by atoms with Gasteiger partial charge in [-0.05, 0) is 73.4 Å². The topological polar surface area (TPSA) is 15.3 Å². The quantitative estimate of drug-likeness (QED) is 0.528. The average Bonchev–Trinajstić information content (AvgIpc) is 2.74. The molecule has 1 saturated heterocycles. The number of piperidine rings is 1. The maximum Gasteiger partial charge on any atom is 0.0435 e. The van der Waals surface area contributed by atoms with E-state index in [2.05, 4.69) is 66.7 Å². The van der Waals surface area contributed by atoms with Crippen LogP contribution in [0.3, 0.4) is 0 Å². The summed E-state index contributed by atoms with van der Waals surface area (Å²) < 4.78 is 0. The van der Waals surface area contributed by atoms with Crippen LogP contribution in [0.2, 0.25) is 5.02 Å². The van der Waals surface area contributed by atoms with E-state index in [4.69, 9.17) is 11.6 Å². The van der Waals surface area contributed by atoms with Crippen LogP contribution in [0, 0.1) is 12.8 Å². The van der Waals surface area contributed by atoms with Gasteiger partial charge in [-0.15, -0.1) is 0 Å². The Hall–Kier alpha value is -2.03. The Bertz CT molecular complexity index is 825. The van der Waals surface area contributed by atoms with E-state index in [1.165, 1.54) is 36.1 Å². The summed E-state index contributed by atoms with van der Waals surface area (Å²) >= 11 is 6.16. The highest BCUT2D eigenvalue weighted by molar-refractivity contribution is 6.31. The van der Waals surface area contributed by atoms with Gasteiger partial charge in [0.15, 0.2) is 0 Å². The molecule has 154 valence electrons. The lowest BCUT2D eigenvalue weighted by Crippen LogP contribution is -2.39. The van der Waals surface area contributed by atoms with Crippen LogP contribution in [-0.4, -0.2) is 24.5 Å². The Labute approximate surface area is 181 Å². The first-order valence-electron chi connectivity index (χ1n) is 10.6. The van der Waals surface area contributed by atoms with Gasteiger partial charge in [0, 0.05) is 30.4 Å². The number of nitrogens with one attached hydrogen (secondary N) is 1. The lowest BCUT2D eigenvalue weighted by Gasteiger charge is -2.33. The fraction of sp³-hybridized carbons (Fsp3) is 0.385. The van der Waals surface area contributed by atoms with Crippen LogP contribution in [-0.2, 0) is 13.0 Å². The highest BCUT2D eigenvalue weighted by atomic mass is 35.5. The molecule has 1 heterocycles. The minimum atomic E-state index is 0.681. The molecule has 29 heavy (non-hydrogen) atoms. The van der Waals surface area contributed by atoms with Crippen LogP contribution in [0.4, 0.5) is 0 Å². The fourth-order valence-electron chi connectivity index (χ4n) is 4.02. The molecule has 1 aliphatic heterocycles. The van der Waals surface area contributed by atoms with Crippen molar-refractivity contribution >= 4 is 17.7 Å². The molecule has 0 amide bonds. The van der Waals surface area contributed by atoms with Crippen molar-refractivity contribution in [3.8, 4) is 0 Å². The maximum atomic E-state index is 6.16. The number of hydrogen-bond acceptors (Lipinski definition) is 2. The largest absolute Gasteiger partial charge is 0.388 e. The van der Waals surface area contributed by atoms with Gasteiger partial charge in [0.05, 0.1) is 0 Å². The summed E-state index contributed by atoms with van der Waals surface area (Å²) in [5.74, 6) is 0.681. The van der Waals surface area contributed by atoms with Crippen molar-refractivity contribution < 1.29 is 0 Å². The number of nitrogens with zero attached hydrogens (tertiary/aromatic N) is 1. The van der Waals surface area contributed by atoms with Crippen LogP contribution in [0.25, 0.3) is 6.08 Å². The molecule has 0 radical (unpaired) electrons. The molecule has 1 fully saturated rings. The third-order valence-electron chi connectivity index (χ3n) is 5.80. The minimum Gasteiger partial charge on any atom is -0.388 e. The van der Waals surface area contributed by atoms with E-state index in [0.717, 1.165) is 48.8 Å². The number of likely N-dealkylation sites (tertiary alicyclic amines) is 1. The molecule has 2 aromatic carbocycles. The molecule has 0 aromatic heterocycles. The van der Waals surface area contributed by atoms with E-state index < -0.39 is 0 Å². The van der Waals surface area contributed by atoms with Crippen LogP contribution in [0.5, 0.6) is 0 Å². The van der Waals surface area contributed by atoms with Crippen molar-refractivity contribution in [1.82, 2.24) is 10.2 Å². The van der Waals surface area contributed by atoms with Gasteiger partial charge in [-0.2, -0.15) is 0 Å². The van der Waals surface area contributed by atoms with E-state index >= 15 is 0 Å². The Kier molecular flexibility index (Phi) is 7.97.